The monoisotopic (exact) mass is 200 g/mol. The van der Waals surface area contributed by atoms with Gasteiger partial charge in [-0.3, -0.25) is 0 Å². The maximum Gasteiger partial charge on any atom is -0.0219 e. The topological polar surface area (TPSA) is 0 Å². The van der Waals surface area contributed by atoms with E-state index in [4.69, 9.17) is 0 Å². The van der Waals surface area contributed by atoms with Crippen LogP contribution in [0.5, 0.6) is 0 Å². The molecule has 1 aromatic carbocycles. The third-order valence-corrected chi connectivity index (χ3v) is 3.51. The van der Waals surface area contributed by atoms with Gasteiger partial charge in [0, 0.05) is 0 Å². The first kappa shape index (κ1) is 10.5. The van der Waals surface area contributed by atoms with Gasteiger partial charge in [0.2, 0.25) is 0 Å². The summed E-state index contributed by atoms with van der Waals surface area (Å²) in [5.41, 5.74) is 4.90. The molecule has 2 rings (SSSR count). The molecule has 80 valence electrons. The predicted octanol–water partition coefficient (Wildman–Crippen LogP) is 4.15. The lowest BCUT2D eigenvalue weighted by molar-refractivity contribution is 0.317. The van der Waals surface area contributed by atoms with Crippen molar-refractivity contribution in [2.75, 3.05) is 0 Å². The van der Waals surface area contributed by atoms with Crippen LogP contribution >= 0.6 is 0 Å². The Morgan fingerprint density at radius 3 is 2.27 bits per heavy atom. The standard InChI is InChI=1S/C15H20/c1-12(2)8-9-15(3)10-13-6-4-5-7-14(13)11-15/h4-7H,1,8-11H2,2-3H3. The SMILES string of the molecule is C=C(C)CCC1(C)Cc2ccccc2C1. The molecule has 0 aromatic heterocycles. The summed E-state index contributed by atoms with van der Waals surface area (Å²) >= 11 is 0. The molecule has 1 aliphatic carbocycles. The van der Waals surface area contributed by atoms with Crippen LogP contribution in [-0.2, 0) is 12.8 Å². The molecule has 0 bridgehead atoms. The first-order chi connectivity index (χ1) is 7.09. The molecule has 1 aromatic rings. The molecule has 0 N–H and O–H groups in total. The summed E-state index contributed by atoms with van der Waals surface area (Å²) in [5, 5.41) is 0. The van der Waals surface area contributed by atoms with Crippen molar-refractivity contribution in [3.8, 4) is 0 Å². The summed E-state index contributed by atoms with van der Waals surface area (Å²) in [6.45, 7) is 8.54. The van der Waals surface area contributed by atoms with Gasteiger partial charge in [-0.1, -0.05) is 36.8 Å². The Bertz CT molecular complexity index is 348. The van der Waals surface area contributed by atoms with Crippen LogP contribution in [0.4, 0.5) is 0 Å². The third kappa shape index (κ3) is 2.31. The van der Waals surface area contributed by atoms with Crippen molar-refractivity contribution >= 4 is 0 Å². The molecule has 0 nitrogen and oxygen atoms in total. The number of hydrogen-bond acceptors (Lipinski definition) is 0. The van der Waals surface area contributed by atoms with Gasteiger partial charge in [0.1, 0.15) is 0 Å². The highest BCUT2D eigenvalue weighted by Gasteiger charge is 2.31. The van der Waals surface area contributed by atoms with Gasteiger partial charge in [-0.15, -0.1) is 6.58 Å². The Balaban J connectivity index is 2.07. The molecule has 0 radical (unpaired) electrons. The van der Waals surface area contributed by atoms with Gasteiger partial charge in [-0.25, -0.2) is 0 Å². The molecule has 0 spiro atoms. The zero-order valence-corrected chi connectivity index (χ0v) is 9.84. The zero-order chi connectivity index (χ0) is 10.9. The molecule has 0 unspecified atom stereocenters. The van der Waals surface area contributed by atoms with Crippen LogP contribution in [0, 0.1) is 5.41 Å². The lowest BCUT2D eigenvalue weighted by atomic mass is 9.81. The van der Waals surface area contributed by atoms with Crippen molar-refractivity contribution in [3.63, 3.8) is 0 Å². The van der Waals surface area contributed by atoms with Crippen LogP contribution in [0.1, 0.15) is 37.8 Å². The van der Waals surface area contributed by atoms with Gasteiger partial charge in [0.05, 0.1) is 0 Å². The lowest BCUT2D eigenvalue weighted by Crippen LogP contribution is -2.16. The summed E-state index contributed by atoms with van der Waals surface area (Å²) in [7, 11) is 0. The van der Waals surface area contributed by atoms with Crippen LogP contribution in [0.15, 0.2) is 36.4 Å². The maximum absolute atomic E-state index is 4.00. The van der Waals surface area contributed by atoms with E-state index in [0.717, 1.165) is 0 Å². The Hall–Kier alpha value is -1.04. The second kappa shape index (κ2) is 3.84. The van der Waals surface area contributed by atoms with E-state index < -0.39 is 0 Å². The van der Waals surface area contributed by atoms with Crippen molar-refractivity contribution in [2.45, 2.75) is 39.5 Å². The fourth-order valence-corrected chi connectivity index (χ4v) is 2.58. The van der Waals surface area contributed by atoms with E-state index in [0.29, 0.717) is 5.41 Å². The predicted molar refractivity (Wildman–Crippen MR) is 66.0 cm³/mol. The van der Waals surface area contributed by atoms with Crippen molar-refractivity contribution in [3.05, 3.63) is 47.5 Å². The summed E-state index contributed by atoms with van der Waals surface area (Å²) in [6, 6.07) is 8.87. The highest BCUT2D eigenvalue weighted by Crippen LogP contribution is 2.40. The minimum atomic E-state index is 0.475. The molecule has 0 heterocycles. The average Bonchev–Trinajstić information content (AvgIpc) is 2.52. The first-order valence-electron chi connectivity index (χ1n) is 5.80. The van der Waals surface area contributed by atoms with Crippen molar-refractivity contribution in [2.24, 2.45) is 5.41 Å². The van der Waals surface area contributed by atoms with E-state index in [1.165, 1.54) is 31.3 Å². The van der Waals surface area contributed by atoms with Crippen LogP contribution in [-0.4, -0.2) is 0 Å². The summed E-state index contributed by atoms with van der Waals surface area (Å²) in [6.07, 6.45) is 4.94. The van der Waals surface area contributed by atoms with Crippen LogP contribution < -0.4 is 0 Å². The minimum absolute atomic E-state index is 0.475. The summed E-state index contributed by atoms with van der Waals surface area (Å²) < 4.78 is 0. The molecule has 0 aliphatic heterocycles. The quantitative estimate of drug-likeness (QED) is 0.643. The van der Waals surface area contributed by atoms with E-state index in [2.05, 4.69) is 44.7 Å². The molecule has 0 amide bonds. The Morgan fingerprint density at radius 1 is 1.27 bits per heavy atom. The van der Waals surface area contributed by atoms with Crippen molar-refractivity contribution in [1.82, 2.24) is 0 Å². The summed E-state index contributed by atoms with van der Waals surface area (Å²) in [5.74, 6) is 0. The van der Waals surface area contributed by atoms with Gasteiger partial charge in [-0.2, -0.15) is 0 Å². The second-order valence-corrected chi connectivity index (χ2v) is 5.39. The smallest absolute Gasteiger partial charge is 0.0219 e. The largest absolute Gasteiger partial charge is 0.100 e. The van der Waals surface area contributed by atoms with Crippen LogP contribution in [0.25, 0.3) is 0 Å². The first-order valence-corrected chi connectivity index (χ1v) is 5.80. The fourth-order valence-electron chi connectivity index (χ4n) is 2.58. The van der Waals surface area contributed by atoms with Gasteiger partial charge < -0.3 is 0 Å². The molecule has 0 saturated carbocycles. The normalized spacial score (nSPS) is 17.5. The highest BCUT2D eigenvalue weighted by atomic mass is 14.4. The van der Waals surface area contributed by atoms with Crippen LogP contribution in [0.2, 0.25) is 0 Å². The molecular formula is C15H20. The van der Waals surface area contributed by atoms with Crippen LogP contribution in [0.3, 0.4) is 0 Å². The zero-order valence-electron chi connectivity index (χ0n) is 9.84. The average molecular weight is 200 g/mol. The number of hydrogen-bond donors (Lipinski definition) is 0. The van der Waals surface area contributed by atoms with Crippen molar-refractivity contribution in [1.29, 1.82) is 0 Å². The Kier molecular flexibility index (Phi) is 2.68. The molecule has 0 saturated heterocycles. The van der Waals surface area contributed by atoms with E-state index in [-0.39, 0.29) is 0 Å². The number of fused-ring (bicyclic) bond motifs is 1. The van der Waals surface area contributed by atoms with Gasteiger partial charge in [-0.05, 0) is 49.1 Å². The molecule has 1 aliphatic rings. The minimum Gasteiger partial charge on any atom is -0.100 e. The maximum atomic E-state index is 4.00. The van der Waals surface area contributed by atoms with Crippen molar-refractivity contribution < 1.29 is 0 Å². The Morgan fingerprint density at radius 2 is 1.80 bits per heavy atom. The molecule has 0 heteroatoms. The lowest BCUT2D eigenvalue weighted by Gasteiger charge is -2.23. The second-order valence-electron chi connectivity index (χ2n) is 5.39. The third-order valence-electron chi connectivity index (χ3n) is 3.51. The van der Waals surface area contributed by atoms with Gasteiger partial charge in [0.25, 0.3) is 0 Å². The van der Waals surface area contributed by atoms with Gasteiger partial charge in [0.15, 0.2) is 0 Å². The Labute approximate surface area is 93.0 Å². The van der Waals surface area contributed by atoms with Gasteiger partial charge >= 0.3 is 0 Å². The molecule has 0 atom stereocenters. The van der Waals surface area contributed by atoms with E-state index in [9.17, 15) is 0 Å². The summed E-state index contributed by atoms with van der Waals surface area (Å²) in [4.78, 5) is 0. The molecular weight excluding hydrogens is 180 g/mol. The fraction of sp³-hybridized carbons (Fsp3) is 0.467. The van der Waals surface area contributed by atoms with E-state index in [1.54, 1.807) is 11.1 Å². The molecule has 0 fully saturated rings. The number of benzene rings is 1. The number of allylic oxidation sites excluding steroid dienone is 1. The van der Waals surface area contributed by atoms with E-state index >= 15 is 0 Å². The number of rotatable bonds is 3. The van der Waals surface area contributed by atoms with E-state index in [1.807, 2.05) is 0 Å². The highest BCUT2D eigenvalue weighted by molar-refractivity contribution is 5.33. The molecule has 15 heavy (non-hydrogen) atoms.